The van der Waals surface area contributed by atoms with Crippen LogP contribution < -0.4 is 4.90 Å². The fourth-order valence-electron chi connectivity index (χ4n) is 4.79. The van der Waals surface area contributed by atoms with Crippen LogP contribution in [-0.4, -0.2) is 39.9 Å². The SMILES string of the molecule is Cc1ccc(-c2nc(CN3CCC(N4C(=O)Cc5cc(Cl)ccc54)CC3)c(C)[nH]2)cc1F. The van der Waals surface area contributed by atoms with Gasteiger partial charge in [-0.25, -0.2) is 9.37 Å². The first-order valence-corrected chi connectivity index (χ1v) is 11.4. The summed E-state index contributed by atoms with van der Waals surface area (Å²) in [5.74, 6) is 0.642. The molecule has 5 rings (SSSR count). The zero-order chi connectivity index (χ0) is 22.4. The van der Waals surface area contributed by atoms with Gasteiger partial charge in [0.05, 0.1) is 12.1 Å². The highest BCUT2D eigenvalue weighted by Crippen LogP contribution is 2.35. The van der Waals surface area contributed by atoms with Crippen molar-refractivity contribution in [2.45, 2.75) is 45.7 Å². The number of imidazole rings is 1. The highest BCUT2D eigenvalue weighted by molar-refractivity contribution is 6.30. The van der Waals surface area contributed by atoms with E-state index in [2.05, 4.69) is 9.88 Å². The van der Waals surface area contributed by atoms with Crippen LogP contribution in [0.25, 0.3) is 11.4 Å². The van der Waals surface area contributed by atoms with E-state index in [0.29, 0.717) is 22.8 Å². The predicted octanol–water partition coefficient (Wildman–Crippen LogP) is 5.04. The van der Waals surface area contributed by atoms with E-state index in [4.69, 9.17) is 16.6 Å². The Morgan fingerprint density at radius 2 is 1.94 bits per heavy atom. The van der Waals surface area contributed by atoms with Crippen LogP contribution in [0.15, 0.2) is 36.4 Å². The number of fused-ring (bicyclic) bond motifs is 1. The number of benzene rings is 2. The number of carbonyl (C=O) groups is 1. The molecule has 3 aromatic rings. The molecule has 2 aliphatic rings. The molecule has 1 N–H and O–H groups in total. The third kappa shape index (κ3) is 3.93. The van der Waals surface area contributed by atoms with Gasteiger partial charge in [-0.05, 0) is 62.1 Å². The van der Waals surface area contributed by atoms with Crippen LogP contribution in [0.3, 0.4) is 0 Å². The summed E-state index contributed by atoms with van der Waals surface area (Å²) in [5.41, 5.74) is 5.41. The topological polar surface area (TPSA) is 52.2 Å². The molecule has 5 nitrogen and oxygen atoms in total. The second kappa shape index (κ2) is 8.34. The smallest absolute Gasteiger partial charge is 0.231 e. The number of amides is 1. The maximum Gasteiger partial charge on any atom is 0.231 e. The summed E-state index contributed by atoms with van der Waals surface area (Å²) in [5, 5.41) is 0.676. The zero-order valence-electron chi connectivity index (χ0n) is 18.3. The van der Waals surface area contributed by atoms with Gasteiger partial charge in [0.15, 0.2) is 0 Å². The Morgan fingerprint density at radius 3 is 2.69 bits per heavy atom. The first-order valence-electron chi connectivity index (χ1n) is 11.0. The number of hydrogen-bond acceptors (Lipinski definition) is 3. The minimum atomic E-state index is -0.222. The van der Waals surface area contributed by atoms with Gasteiger partial charge in [-0.15, -0.1) is 0 Å². The van der Waals surface area contributed by atoms with Gasteiger partial charge in [0.25, 0.3) is 0 Å². The van der Waals surface area contributed by atoms with Gasteiger partial charge in [0.1, 0.15) is 11.6 Å². The van der Waals surface area contributed by atoms with E-state index in [0.717, 1.165) is 60.7 Å². The molecule has 0 spiro atoms. The second-order valence-electron chi connectivity index (χ2n) is 8.84. The molecule has 7 heteroatoms. The van der Waals surface area contributed by atoms with Crippen LogP contribution >= 0.6 is 11.6 Å². The lowest BCUT2D eigenvalue weighted by molar-refractivity contribution is -0.118. The minimum Gasteiger partial charge on any atom is -0.342 e. The summed E-state index contributed by atoms with van der Waals surface area (Å²) in [7, 11) is 0. The van der Waals surface area contributed by atoms with Crippen molar-refractivity contribution in [3.63, 3.8) is 0 Å². The van der Waals surface area contributed by atoms with Crippen molar-refractivity contribution in [3.05, 3.63) is 69.8 Å². The Balaban J connectivity index is 1.25. The minimum absolute atomic E-state index is 0.166. The van der Waals surface area contributed by atoms with E-state index in [-0.39, 0.29) is 17.8 Å². The summed E-state index contributed by atoms with van der Waals surface area (Å²) >= 11 is 6.11. The van der Waals surface area contributed by atoms with Crippen LogP contribution in [-0.2, 0) is 17.8 Å². The van der Waals surface area contributed by atoms with Crippen LogP contribution in [0.1, 0.15) is 35.4 Å². The molecule has 0 aliphatic carbocycles. The van der Waals surface area contributed by atoms with E-state index in [1.807, 2.05) is 36.1 Å². The van der Waals surface area contributed by atoms with Crippen LogP contribution in [0.2, 0.25) is 5.02 Å². The number of nitrogens with zero attached hydrogens (tertiary/aromatic N) is 3. The first-order chi connectivity index (χ1) is 15.4. The fourth-order valence-corrected chi connectivity index (χ4v) is 4.98. The maximum absolute atomic E-state index is 14.0. The summed E-state index contributed by atoms with van der Waals surface area (Å²) in [6, 6.07) is 11.1. The molecule has 3 heterocycles. The lowest BCUT2D eigenvalue weighted by Gasteiger charge is -2.36. The average molecular weight is 453 g/mol. The summed E-state index contributed by atoms with van der Waals surface area (Å²) in [6.07, 6.45) is 2.28. The van der Waals surface area contributed by atoms with Crippen molar-refractivity contribution in [2.75, 3.05) is 18.0 Å². The molecule has 1 fully saturated rings. The number of hydrogen-bond donors (Lipinski definition) is 1. The normalized spacial score (nSPS) is 17.2. The Morgan fingerprint density at radius 1 is 1.16 bits per heavy atom. The quantitative estimate of drug-likeness (QED) is 0.603. The van der Waals surface area contributed by atoms with Crippen molar-refractivity contribution in [1.82, 2.24) is 14.9 Å². The number of nitrogens with one attached hydrogen (secondary N) is 1. The molecule has 2 aliphatic heterocycles. The number of carbonyl (C=O) groups excluding carboxylic acids is 1. The molecule has 1 saturated heterocycles. The Bertz CT molecular complexity index is 1180. The molecule has 0 radical (unpaired) electrons. The van der Waals surface area contributed by atoms with Crippen LogP contribution in [0.4, 0.5) is 10.1 Å². The van der Waals surface area contributed by atoms with Gasteiger partial charge >= 0.3 is 0 Å². The van der Waals surface area contributed by atoms with E-state index < -0.39 is 0 Å². The van der Waals surface area contributed by atoms with E-state index in [1.54, 1.807) is 13.0 Å². The molecule has 166 valence electrons. The lowest BCUT2D eigenvalue weighted by Crippen LogP contribution is -2.46. The van der Waals surface area contributed by atoms with Gasteiger partial charge in [-0.2, -0.15) is 0 Å². The standard InChI is InChI=1S/C25H26ClFN4O/c1-15-3-4-17(12-21(15)27)25-28-16(2)22(29-25)14-30-9-7-20(8-10-30)31-23-6-5-19(26)11-18(23)13-24(31)32/h3-6,11-12,20H,7-10,13-14H2,1-2H3,(H,28,29). The number of anilines is 1. The Hall–Kier alpha value is -2.70. The third-order valence-electron chi connectivity index (χ3n) is 6.64. The highest BCUT2D eigenvalue weighted by Gasteiger charge is 2.35. The van der Waals surface area contributed by atoms with Crippen LogP contribution in [0, 0.1) is 19.7 Å². The van der Waals surface area contributed by atoms with Gasteiger partial charge in [-0.3, -0.25) is 9.69 Å². The van der Waals surface area contributed by atoms with Crippen molar-refractivity contribution >= 4 is 23.2 Å². The molecule has 2 aromatic carbocycles. The van der Waals surface area contributed by atoms with Gasteiger partial charge in [-0.1, -0.05) is 23.7 Å². The molecule has 0 atom stereocenters. The number of likely N-dealkylation sites (tertiary alicyclic amines) is 1. The van der Waals surface area contributed by atoms with Gasteiger partial charge in [0, 0.05) is 47.6 Å². The number of rotatable bonds is 4. The molecule has 1 amide bonds. The maximum atomic E-state index is 14.0. The number of halogens is 2. The van der Waals surface area contributed by atoms with Gasteiger partial charge in [0.2, 0.25) is 5.91 Å². The second-order valence-corrected chi connectivity index (χ2v) is 9.28. The first kappa shape index (κ1) is 21.2. The molecule has 1 aromatic heterocycles. The third-order valence-corrected chi connectivity index (χ3v) is 6.87. The largest absolute Gasteiger partial charge is 0.342 e. The lowest BCUT2D eigenvalue weighted by atomic mass is 10.0. The van der Waals surface area contributed by atoms with Gasteiger partial charge < -0.3 is 9.88 Å². The fraction of sp³-hybridized carbons (Fsp3) is 0.360. The summed E-state index contributed by atoms with van der Waals surface area (Å²) in [6.45, 7) is 6.30. The number of H-pyrrole nitrogens is 1. The number of aromatic nitrogens is 2. The van der Waals surface area contributed by atoms with Crippen molar-refractivity contribution < 1.29 is 9.18 Å². The summed E-state index contributed by atoms with van der Waals surface area (Å²) < 4.78 is 14.0. The molecule has 0 unspecified atom stereocenters. The number of aryl methyl sites for hydroxylation is 2. The van der Waals surface area contributed by atoms with Crippen molar-refractivity contribution in [1.29, 1.82) is 0 Å². The van der Waals surface area contributed by atoms with Crippen molar-refractivity contribution in [2.24, 2.45) is 0 Å². The number of piperidine rings is 1. The Kier molecular flexibility index (Phi) is 5.51. The monoisotopic (exact) mass is 452 g/mol. The van der Waals surface area contributed by atoms with E-state index in [1.165, 1.54) is 6.07 Å². The molecule has 32 heavy (non-hydrogen) atoms. The average Bonchev–Trinajstić information content (AvgIpc) is 3.29. The highest BCUT2D eigenvalue weighted by atomic mass is 35.5. The number of aromatic amines is 1. The Labute approximate surface area is 192 Å². The van der Waals surface area contributed by atoms with E-state index >= 15 is 0 Å². The zero-order valence-corrected chi connectivity index (χ0v) is 19.0. The summed E-state index contributed by atoms with van der Waals surface area (Å²) in [4.78, 5) is 25.1. The van der Waals surface area contributed by atoms with E-state index in [9.17, 15) is 9.18 Å². The van der Waals surface area contributed by atoms with Crippen molar-refractivity contribution in [3.8, 4) is 11.4 Å². The molecule has 0 saturated carbocycles. The predicted molar refractivity (Wildman–Crippen MR) is 124 cm³/mol. The van der Waals surface area contributed by atoms with Crippen LogP contribution in [0.5, 0.6) is 0 Å². The molecular weight excluding hydrogens is 427 g/mol. The molecule has 0 bridgehead atoms. The molecular formula is C25H26ClFN4O.